The van der Waals surface area contributed by atoms with Crippen molar-refractivity contribution in [2.75, 3.05) is 0 Å². The molecule has 2 heterocycles. The van der Waals surface area contributed by atoms with E-state index in [0.29, 0.717) is 11.5 Å². The van der Waals surface area contributed by atoms with E-state index in [1.54, 1.807) is 5.41 Å². The van der Waals surface area contributed by atoms with Crippen LogP contribution < -0.4 is 5.73 Å². The van der Waals surface area contributed by atoms with Crippen LogP contribution in [0.1, 0.15) is 12.2 Å². The van der Waals surface area contributed by atoms with Crippen molar-refractivity contribution >= 4 is 21.8 Å². The molecule has 0 spiro atoms. The molecule has 0 radical (unpaired) electrons. The van der Waals surface area contributed by atoms with Crippen molar-refractivity contribution in [3.63, 3.8) is 0 Å². The average molecular weight is 271 g/mol. The maximum Gasteiger partial charge on any atom is 0.309 e. The summed E-state index contributed by atoms with van der Waals surface area (Å²) >= 11 is 0. The molecule has 1 aromatic heterocycles. The number of rotatable bonds is 5. The van der Waals surface area contributed by atoms with Crippen molar-refractivity contribution in [1.82, 2.24) is 20.6 Å². The summed E-state index contributed by atoms with van der Waals surface area (Å²) in [5.74, 6) is -0.622. The third-order valence-electron chi connectivity index (χ3n) is 1.76. The molecular weight excluding hydrogens is 262 g/mol. The number of hydrogen-bond acceptors (Lipinski definition) is 8. The van der Waals surface area contributed by atoms with Gasteiger partial charge in [0.15, 0.2) is 5.17 Å². The molecule has 0 saturated carbocycles. The number of aliphatic carboxylic acids is 1. The molecule has 96 valence electrons. The second-order valence-corrected chi connectivity index (χ2v) is 4.55. The first kappa shape index (κ1) is 12.3. The highest BCUT2D eigenvalue weighted by Gasteiger charge is 2.14. The Labute approximate surface area is 103 Å². The number of aromatic nitrogens is 4. The number of nitrogens with two attached hydrogens (primary N) is 1. The Hall–Kier alpha value is -2.14. The van der Waals surface area contributed by atoms with Gasteiger partial charge in [-0.25, -0.2) is 9.83 Å². The lowest BCUT2D eigenvalue weighted by atomic mass is 10.3. The fourth-order valence-corrected chi connectivity index (χ4v) is 2.10. The van der Waals surface area contributed by atoms with Gasteiger partial charge in [-0.2, -0.15) is 5.21 Å². The lowest BCUT2D eigenvalue weighted by Crippen LogP contribution is -2.13. The lowest BCUT2D eigenvalue weighted by molar-refractivity contribution is -0.136. The zero-order valence-electron chi connectivity index (χ0n) is 8.98. The van der Waals surface area contributed by atoms with Crippen LogP contribution in [0.2, 0.25) is 0 Å². The molecule has 0 aliphatic carbocycles. The number of carbonyl (C=O) groups is 1. The van der Waals surface area contributed by atoms with Crippen LogP contribution in [0, 0.1) is 0 Å². The van der Waals surface area contributed by atoms with Gasteiger partial charge >= 0.3 is 5.97 Å². The lowest BCUT2D eigenvalue weighted by Gasteiger charge is -1.95. The van der Waals surface area contributed by atoms with E-state index in [1.807, 2.05) is 0 Å². The molecule has 2 rings (SSSR count). The Morgan fingerprint density at radius 3 is 3.17 bits per heavy atom. The third-order valence-corrected chi connectivity index (χ3v) is 3.05. The topological polar surface area (TPSA) is 152 Å². The van der Waals surface area contributed by atoms with Crippen molar-refractivity contribution in [1.29, 1.82) is 0 Å². The van der Waals surface area contributed by atoms with Crippen LogP contribution in [0.5, 0.6) is 0 Å². The second kappa shape index (κ2) is 5.46. The van der Waals surface area contributed by atoms with Gasteiger partial charge in [-0.15, -0.1) is 10.2 Å². The van der Waals surface area contributed by atoms with Crippen molar-refractivity contribution in [3.05, 3.63) is 16.9 Å². The molecule has 10 nitrogen and oxygen atoms in total. The quantitative estimate of drug-likeness (QED) is 0.585. The molecule has 11 heteroatoms. The van der Waals surface area contributed by atoms with Gasteiger partial charge in [0.05, 0.1) is 12.1 Å². The highest BCUT2D eigenvalue weighted by Crippen LogP contribution is 2.14. The molecule has 0 amide bonds. The van der Waals surface area contributed by atoms with Gasteiger partial charge in [-0.1, -0.05) is 9.74 Å². The van der Waals surface area contributed by atoms with E-state index in [-0.39, 0.29) is 18.2 Å². The maximum atomic E-state index is 10.5. The minimum Gasteiger partial charge on any atom is -0.481 e. The molecule has 4 N–H and O–H groups in total. The molecule has 0 bridgehead atoms. The number of H-pyrrole nitrogens is 1. The number of hydrogen-bond donors (Lipinski definition) is 3. The molecule has 0 saturated heterocycles. The number of aliphatic imine (C=N–C) groups is 1. The average Bonchev–Trinajstić information content (AvgIpc) is 2.89. The predicted molar refractivity (Wildman–Crippen MR) is 60.7 cm³/mol. The third kappa shape index (κ3) is 3.18. The molecule has 0 fully saturated rings. The summed E-state index contributed by atoms with van der Waals surface area (Å²) in [5.41, 5.74) is 5.97. The summed E-state index contributed by atoms with van der Waals surface area (Å²) in [6.45, 7) is 0.0510. The maximum absolute atomic E-state index is 10.5. The molecule has 1 unspecified atom stereocenters. The van der Waals surface area contributed by atoms with Gasteiger partial charge in [-0.3, -0.25) is 4.79 Å². The minimum absolute atomic E-state index is 0.0510. The van der Waals surface area contributed by atoms with E-state index < -0.39 is 16.7 Å². The predicted octanol–water partition coefficient (Wildman–Crippen LogP) is -0.922. The summed E-state index contributed by atoms with van der Waals surface area (Å²) in [6, 6.07) is 0. The van der Waals surface area contributed by atoms with E-state index in [9.17, 15) is 4.79 Å². The number of carboxylic acid groups (broad SMARTS) is 1. The van der Waals surface area contributed by atoms with Crippen LogP contribution in [-0.2, 0) is 26.9 Å². The Kier molecular flexibility index (Phi) is 3.74. The number of nitrogens with one attached hydrogen (secondary N) is 1. The molecule has 1 aliphatic rings. The van der Waals surface area contributed by atoms with Gasteiger partial charge in [0, 0.05) is 16.1 Å². The Morgan fingerprint density at radius 1 is 1.67 bits per heavy atom. The fraction of sp³-hybridized carbons (Fsp3) is 0.286. The summed E-state index contributed by atoms with van der Waals surface area (Å²) < 4.78 is 3.82. The van der Waals surface area contributed by atoms with Crippen molar-refractivity contribution in [3.8, 4) is 0 Å². The largest absolute Gasteiger partial charge is 0.481 e. The number of aromatic amines is 1. The number of nitrogens with zero attached hydrogens (tertiary/aromatic N) is 5. The normalized spacial score (nSPS) is 18.8. The van der Waals surface area contributed by atoms with Gasteiger partial charge < -0.3 is 10.8 Å². The molecule has 1 atom stereocenters. The van der Waals surface area contributed by atoms with Crippen molar-refractivity contribution in [2.24, 2.45) is 15.3 Å². The summed E-state index contributed by atoms with van der Waals surface area (Å²) in [6.07, 6.45) is -0.190. The van der Waals surface area contributed by atoms with Crippen LogP contribution in [0.4, 0.5) is 0 Å². The molecular formula is C7H9N7O3S. The van der Waals surface area contributed by atoms with Gasteiger partial charge in [0.2, 0.25) is 5.82 Å². The SMILES string of the molecule is NC1=NC(CC(=O)O)=C/S1=N/OCc1nn[nH]n1. The standard InChI is InChI=1S/C7H9N7O3S/c8-7-9-4(1-6(15)16)3-18(7)14-17-2-5-10-12-13-11-5/h3H,1-2H2,(H2,8,9)(H,15,16)(H,10,11,12,13). The Bertz CT molecular complexity index is 535. The number of amidine groups is 1. The van der Waals surface area contributed by atoms with Crippen molar-refractivity contribution < 1.29 is 14.7 Å². The molecule has 1 aromatic rings. The number of tetrazole rings is 1. The molecule has 1 aliphatic heterocycles. The Morgan fingerprint density at radius 2 is 2.50 bits per heavy atom. The van der Waals surface area contributed by atoms with Crippen LogP contribution in [-0.4, -0.2) is 36.9 Å². The smallest absolute Gasteiger partial charge is 0.309 e. The highest BCUT2D eigenvalue weighted by molar-refractivity contribution is 8.05. The minimum atomic E-state index is -0.976. The first-order chi connectivity index (χ1) is 8.65. The first-order valence-corrected chi connectivity index (χ1v) is 5.95. The van der Waals surface area contributed by atoms with Crippen LogP contribution in [0.15, 0.2) is 20.6 Å². The van der Waals surface area contributed by atoms with Gasteiger partial charge in [-0.05, 0) is 0 Å². The van der Waals surface area contributed by atoms with E-state index in [4.69, 9.17) is 15.7 Å². The zero-order chi connectivity index (χ0) is 13.0. The van der Waals surface area contributed by atoms with Gasteiger partial charge in [0.1, 0.15) is 6.61 Å². The van der Waals surface area contributed by atoms with E-state index >= 15 is 0 Å². The fourth-order valence-electron chi connectivity index (χ4n) is 1.08. The monoisotopic (exact) mass is 271 g/mol. The first-order valence-electron chi connectivity index (χ1n) is 4.70. The number of carboxylic acids is 1. The van der Waals surface area contributed by atoms with Crippen LogP contribution in [0.25, 0.3) is 0 Å². The van der Waals surface area contributed by atoms with Crippen LogP contribution in [0.3, 0.4) is 0 Å². The molecule has 18 heavy (non-hydrogen) atoms. The summed E-state index contributed by atoms with van der Waals surface area (Å²) in [4.78, 5) is 19.4. The summed E-state index contributed by atoms with van der Waals surface area (Å²) in [5, 5.41) is 23.3. The molecule has 0 aromatic carbocycles. The highest BCUT2D eigenvalue weighted by atomic mass is 32.2. The van der Waals surface area contributed by atoms with Gasteiger partial charge in [0.25, 0.3) is 0 Å². The van der Waals surface area contributed by atoms with Crippen LogP contribution >= 0.6 is 0 Å². The Balaban J connectivity index is 1.95. The van der Waals surface area contributed by atoms with E-state index in [1.165, 1.54) is 0 Å². The zero-order valence-corrected chi connectivity index (χ0v) is 9.79. The second-order valence-electron chi connectivity index (χ2n) is 3.12. The van der Waals surface area contributed by atoms with E-state index in [0.717, 1.165) is 0 Å². The van der Waals surface area contributed by atoms with Crippen molar-refractivity contribution in [2.45, 2.75) is 13.0 Å². The summed E-state index contributed by atoms with van der Waals surface area (Å²) in [7, 11) is -0.861. The van der Waals surface area contributed by atoms with E-state index in [2.05, 4.69) is 30.1 Å².